The summed E-state index contributed by atoms with van der Waals surface area (Å²) in [5.41, 5.74) is 0. The van der Waals surface area contributed by atoms with Crippen molar-refractivity contribution in [3.8, 4) is 0 Å². The molecule has 0 unspecified atom stereocenters. The molecule has 0 fully saturated rings. The summed E-state index contributed by atoms with van der Waals surface area (Å²) in [5.74, 6) is -4.17. The maximum Gasteiger partial charge on any atom is 0.316 e. The molecule has 0 saturated heterocycles. The Kier molecular flexibility index (Phi) is 8.15. The fraction of sp³-hybridized carbons (Fsp3) is 0.571. The third-order valence-corrected chi connectivity index (χ3v) is 2.05. The lowest BCUT2D eigenvalue weighted by molar-refractivity contribution is -0.236. The van der Waals surface area contributed by atoms with Gasteiger partial charge in [0.05, 0.1) is 6.61 Å². The van der Waals surface area contributed by atoms with Crippen LogP contribution in [0.5, 0.6) is 0 Å². The molecule has 0 heterocycles. The first kappa shape index (κ1) is 19.0. The molecule has 0 aliphatic rings. The monoisotopic (exact) mass is 300 g/mol. The Hall–Kier alpha value is -2.02. The van der Waals surface area contributed by atoms with E-state index in [0.29, 0.717) is 0 Å². The van der Waals surface area contributed by atoms with E-state index in [-0.39, 0.29) is 24.8 Å². The van der Waals surface area contributed by atoms with Crippen molar-refractivity contribution in [3.63, 3.8) is 0 Å². The molecule has 7 nitrogen and oxygen atoms in total. The van der Waals surface area contributed by atoms with Crippen molar-refractivity contribution in [1.82, 2.24) is 0 Å². The van der Waals surface area contributed by atoms with Gasteiger partial charge in [0, 0.05) is 6.92 Å². The maximum atomic E-state index is 11.5. The zero-order chi connectivity index (χ0) is 16.5. The third kappa shape index (κ3) is 9.50. The SMILES string of the molecule is C=CCOCC(C)(OC(=O)CC(C)=O)OC(=O)CC(C)=O. The Balaban J connectivity index is 4.77. The van der Waals surface area contributed by atoms with Crippen LogP contribution >= 0.6 is 0 Å². The number of ketones is 2. The fourth-order valence-corrected chi connectivity index (χ4v) is 1.37. The molecule has 0 aliphatic carbocycles. The Morgan fingerprint density at radius 3 is 1.76 bits per heavy atom. The van der Waals surface area contributed by atoms with Gasteiger partial charge in [-0.05, 0) is 13.8 Å². The molecule has 0 N–H and O–H groups in total. The van der Waals surface area contributed by atoms with E-state index in [1.54, 1.807) is 0 Å². The standard InChI is InChI=1S/C14H20O7/c1-5-6-19-9-14(4,20-12(17)7-10(2)15)21-13(18)8-11(3)16/h5H,1,6-9H2,2-4H3. The van der Waals surface area contributed by atoms with Gasteiger partial charge in [0.25, 0.3) is 5.79 Å². The number of carbonyl (C=O) groups is 4. The lowest BCUT2D eigenvalue weighted by atomic mass is 10.3. The second-order valence-corrected chi connectivity index (χ2v) is 4.64. The zero-order valence-electron chi connectivity index (χ0n) is 12.5. The van der Waals surface area contributed by atoms with E-state index < -0.39 is 30.6 Å². The molecule has 0 spiro atoms. The van der Waals surface area contributed by atoms with Gasteiger partial charge in [0.1, 0.15) is 31.0 Å². The van der Waals surface area contributed by atoms with Crippen LogP contribution in [0.2, 0.25) is 0 Å². The van der Waals surface area contributed by atoms with Gasteiger partial charge >= 0.3 is 11.9 Å². The summed E-state index contributed by atoms with van der Waals surface area (Å²) in [7, 11) is 0. The van der Waals surface area contributed by atoms with Crippen LogP contribution in [0.25, 0.3) is 0 Å². The van der Waals surface area contributed by atoms with E-state index in [4.69, 9.17) is 14.2 Å². The Labute approximate surface area is 123 Å². The Morgan fingerprint density at radius 1 is 1.00 bits per heavy atom. The van der Waals surface area contributed by atoms with Crippen molar-refractivity contribution in [1.29, 1.82) is 0 Å². The lowest BCUT2D eigenvalue weighted by Gasteiger charge is -2.28. The minimum Gasteiger partial charge on any atom is -0.420 e. The summed E-state index contributed by atoms with van der Waals surface area (Å²) >= 11 is 0. The van der Waals surface area contributed by atoms with Crippen LogP contribution < -0.4 is 0 Å². The summed E-state index contributed by atoms with van der Waals surface area (Å²) in [6.07, 6.45) is 0.581. The Morgan fingerprint density at radius 2 is 1.43 bits per heavy atom. The van der Waals surface area contributed by atoms with Crippen LogP contribution in [-0.4, -0.2) is 42.5 Å². The number of Topliss-reactive ketones (excluding diaryl/α,β-unsaturated/α-hetero) is 2. The molecule has 0 rings (SSSR count). The van der Waals surface area contributed by atoms with Crippen molar-refractivity contribution in [3.05, 3.63) is 12.7 Å². The highest BCUT2D eigenvalue weighted by Crippen LogP contribution is 2.16. The first-order chi connectivity index (χ1) is 9.68. The number of ether oxygens (including phenoxy) is 3. The molecule has 0 saturated carbocycles. The first-order valence-electron chi connectivity index (χ1n) is 6.29. The van der Waals surface area contributed by atoms with Gasteiger partial charge in [-0.15, -0.1) is 6.58 Å². The van der Waals surface area contributed by atoms with E-state index in [0.717, 1.165) is 0 Å². The van der Waals surface area contributed by atoms with Crippen LogP contribution in [0.4, 0.5) is 0 Å². The van der Waals surface area contributed by atoms with Crippen LogP contribution in [0.3, 0.4) is 0 Å². The zero-order valence-corrected chi connectivity index (χ0v) is 12.5. The molecular formula is C14H20O7. The Bertz CT molecular complexity index is 395. The van der Waals surface area contributed by atoms with Crippen LogP contribution in [0, 0.1) is 0 Å². The van der Waals surface area contributed by atoms with Gasteiger partial charge in [-0.3, -0.25) is 19.2 Å². The van der Waals surface area contributed by atoms with E-state index in [2.05, 4.69) is 6.58 Å². The summed E-state index contributed by atoms with van der Waals surface area (Å²) in [5, 5.41) is 0. The molecule has 0 amide bonds. The molecule has 21 heavy (non-hydrogen) atoms. The smallest absolute Gasteiger partial charge is 0.316 e. The third-order valence-electron chi connectivity index (χ3n) is 2.05. The minimum atomic E-state index is -1.71. The van der Waals surface area contributed by atoms with Gasteiger partial charge in [0.2, 0.25) is 0 Å². The quantitative estimate of drug-likeness (QED) is 0.195. The van der Waals surface area contributed by atoms with Crippen LogP contribution in [0.15, 0.2) is 12.7 Å². The number of rotatable bonds is 10. The molecule has 0 radical (unpaired) electrons. The van der Waals surface area contributed by atoms with Crippen molar-refractivity contribution < 1.29 is 33.4 Å². The highest BCUT2D eigenvalue weighted by molar-refractivity contribution is 5.95. The fourth-order valence-electron chi connectivity index (χ4n) is 1.37. The lowest BCUT2D eigenvalue weighted by Crippen LogP contribution is -2.42. The molecule has 0 aromatic carbocycles. The van der Waals surface area contributed by atoms with Crippen LogP contribution in [0.1, 0.15) is 33.6 Å². The van der Waals surface area contributed by atoms with Crippen molar-refractivity contribution in [2.75, 3.05) is 13.2 Å². The molecule has 118 valence electrons. The van der Waals surface area contributed by atoms with E-state index in [1.165, 1.54) is 26.8 Å². The van der Waals surface area contributed by atoms with E-state index >= 15 is 0 Å². The van der Waals surface area contributed by atoms with Gasteiger partial charge in [-0.25, -0.2) is 0 Å². The number of hydrogen-bond acceptors (Lipinski definition) is 7. The second kappa shape index (κ2) is 9.02. The molecule has 0 aromatic heterocycles. The van der Waals surface area contributed by atoms with Crippen molar-refractivity contribution in [2.24, 2.45) is 0 Å². The predicted octanol–water partition coefficient (Wildman–Crippen LogP) is 0.950. The van der Waals surface area contributed by atoms with E-state index in [9.17, 15) is 19.2 Å². The van der Waals surface area contributed by atoms with Gasteiger partial charge in [-0.2, -0.15) is 0 Å². The van der Waals surface area contributed by atoms with E-state index in [1.807, 2.05) is 0 Å². The summed E-state index contributed by atoms with van der Waals surface area (Å²) in [6, 6.07) is 0. The molecular weight excluding hydrogens is 280 g/mol. The highest BCUT2D eigenvalue weighted by atomic mass is 16.7. The molecule has 0 aromatic rings. The summed E-state index contributed by atoms with van der Waals surface area (Å²) in [4.78, 5) is 44.8. The van der Waals surface area contributed by atoms with Crippen LogP contribution in [-0.2, 0) is 33.4 Å². The first-order valence-corrected chi connectivity index (χ1v) is 6.29. The summed E-state index contributed by atoms with van der Waals surface area (Å²) in [6.45, 7) is 7.14. The number of hydrogen-bond donors (Lipinski definition) is 0. The summed E-state index contributed by atoms with van der Waals surface area (Å²) < 4.78 is 15.1. The molecule has 0 aliphatic heterocycles. The predicted molar refractivity (Wildman–Crippen MR) is 72.2 cm³/mol. The second-order valence-electron chi connectivity index (χ2n) is 4.64. The minimum absolute atomic E-state index is 0.157. The average molecular weight is 300 g/mol. The largest absolute Gasteiger partial charge is 0.420 e. The average Bonchev–Trinajstić information content (AvgIpc) is 2.25. The number of carbonyl (C=O) groups excluding carboxylic acids is 4. The van der Waals surface area contributed by atoms with Crippen molar-refractivity contribution >= 4 is 23.5 Å². The molecule has 7 heteroatoms. The maximum absolute atomic E-state index is 11.5. The van der Waals surface area contributed by atoms with Gasteiger partial charge < -0.3 is 14.2 Å². The van der Waals surface area contributed by atoms with Crippen molar-refractivity contribution in [2.45, 2.75) is 39.4 Å². The van der Waals surface area contributed by atoms with Gasteiger partial charge in [0.15, 0.2) is 0 Å². The number of esters is 2. The normalized spacial score (nSPS) is 10.6. The molecule has 0 atom stereocenters. The van der Waals surface area contributed by atoms with Gasteiger partial charge in [-0.1, -0.05) is 6.08 Å². The molecule has 0 bridgehead atoms. The highest BCUT2D eigenvalue weighted by Gasteiger charge is 2.34. The topological polar surface area (TPSA) is 96.0 Å².